The van der Waals surface area contributed by atoms with Crippen LogP contribution in [-0.2, 0) is 19.6 Å². The fourth-order valence-corrected chi connectivity index (χ4v) is 4.37. The number of ether oxygens (including phenoxy) is 1. The first-order chi connectivity index (χ1) is 11.3. The van der Waals surface area contributed by atoms with E-state index in [1.807, 2.05) is 0 Å². The number of hydrogen-bond acceptors (Lipinski definition) is 6. The summed E-state index contributed by atoms with van der Waals surface area (Å²) in [6.45, 7) is 0.752. The summed E-state index contributed by atoms with van der Waals surface area (Å²) in [5.41, 5.74) is 0.286. The van der Waals surface area contributed by atoms with Crippen LogP contribution in [0.25, 0.3) is 0 Å². The maximum absolute atomic E-state index is 12.7. The average Bonchev–Trinajstić information content (AvgIpc) is 2.60. The van der Waals surface area contributed by atoms with Crippen LogP contribution in [0.4, 0.5) is 0 Å². The Morgan fingerprint density at radius 2 is 2.04 bits per heavy atom. The van der Waals surface area contributed by atoms with Gasteiger partial charge in [0.05, 0.1) is 12.0 Å². The van der Waals surface area contributed by atoms with Crippen molar-refractivity contribution in [3.63, 3.8) is 0 Å². The number of carbonyl (C=O) groups is 2. The van der Waals surface area contributed by atoms with E-state index in [2.05, 4.69) is 0 Å². The quantitative estimate of drug-likeness (QED) is 0.722. The lowest BCUT2D eigenvalue weighted by Gasteiger charge is -2.31. The second-order valence-corrected chi connectivity index (χ2v) is 8.91. The Kier molecular flexibility index (Phi) is 5.89. The standard InChI is InChI=1S/C15H20N2O5S2/c1-16(2)24(20,21)12-6-4-5-11(9-12)14(18)17-7-8-23-13(10-17)15(19)22-3/h4-6,9,13H,7-8,10H2,1-3H3/t13-/m1/s1. The minimum atomic E-state index is -3.61. The zero-order chi connectivity index (χ0) is 17.9. The molecule has 132 valence electrons. The molecule has 0 aromatic heterocycles. The molecule has 1 amide bonds. The molecular formula is C15H20N2O5S2. The molecule has 9 heteroatoms. The van der Waals surface area contributed by atoms with Gasteiger partial charge < -0.3 is 9.64 Å². The van der Waals surface area contributed by atoms with Crippen molar-refractivity contribution in [3.8, 4) is 0 Å². The van der Waals surface area contributed by atoms with E-state index in [9.17, 15) is 18.0 Å². The molecule has 1 heterocycles. The molecule has 2 rings (SSSR count). The Hall–Kier alpha value is -1.58. The first-order valence-electron chi connectivity index (χ1n) is 7.28. The second-order valence-electron chi connectivity index (χ2n) is 5.45. The lowest BCUT2D eigenvalue weighted by atomic mass is 10.2. The van der Waals surface area contributed by atoms with Crippen molar-refractivity contribution in [2.75, 3.05) is 40.0 Å². The molecule has 1 aromatic carbocycles. The zero-order valence-electron chi connectivity index (χ0n) is 13.8. The van der Waals surface area contributed by atoms with Crippen LogP contribution in [0.2, 0.25) is 0 Å². The molecule has 7 nitrogen and oxygen atoms in total. The van der Waals surface area contributed by atoms with E-state index >= 15 is 0 Å². The van der Waals surface area contributed by atoms with Crippen LogP contribution < -0.4 is 0 Å². The highest BCUT2D eigenvalue weighted by atomic mass is 32.2. The maximum atomic E-state index is 12.7. The first kappa shape index (κ1) is 18.8. The van der Waals surface area contributed by atoms with Crippen LogP contribution >= 0.6 is 11.8 Å². The van der Waals surface area contributed by atoms with Crippen LogP contribution in [0, 0.1) is 0 Å². The monoisotopic (exact) mass is 372 g/mol. The molecular weight excluding hydrogens is 352 g/mol. The predicted octanol–water partition coefficient (Wildman–Crippen LogP) is 0.667. The number of amides is 1. The highest BCUT2D eigenvalue weighted by molar-refractivity contribution is 8.00. The molecule has 0 bridgehead atoms. The van der Waals surface area contributed by atoms with Gasteiger partial charge in [-0.2, -0.15) is 0 Å². The van der Waals surface area contributed by atoms with E-state index in [-0.39, 0.29) is 28.9 Å². The SMILES string of the molecule is COC(=O)[C@H]1CN(C(=O)c2cccc(S(=O)(=O)N(C)C)c2)CCS1. The number of hydrogen-bond donors (Lipinski definition) is 0. The van der Waals surface area contributed by atoms with Gasteiger partial charge in [0.2, 0.25) is 10.0 Å². The van der Waals surface area contributed by atoms with E-state index in [0.717, 1.165) is 4.31 Å². The molecule has 0 spiro atoms. The van der Waals surface area contributed by atoms with E-state index in [1.165, 1.54) is 45.1 Å². The summed E-state index contributed by atoms with van der Waals surface area (Å²) in [6, 6.07) is 5.94. The van der Waals surface area contributed by atoms with Gasteiger partial charge in [-0.15, -0.1) is 11.8 Å². The van der Waals surface area contributed by atoms with Gasteiger partial charge in [0.1, 0.15) is 5.25 Å². The molecule has 0 saturated carbocycles. The molecule has 24 heavy (non-hydrogen) atoms. The molecule has 0 aliphatic carbocycles. The number of sulfonamides is 1. The summed E-state index contributed by atoms with van der Waals surface area (Å²) >= 11 is 1.45. The molecule has 1 aromatic rings. The number of thioether (sulfide) groups is 1. The summed E-state index contributed by atoms with van der Waals surface area (Å²) in [6.07, 6.45) is 0. The third-order valence-electron chi connectivity index (χ3n) is 3.68. The third kappa shape index (κ3) is 3.90. The van der Waals surface area contributed by atoms with Gasteiger partial charge in [0.25, 0.3) is 5.91 Å². The van der Waals surface area contributed by atoms with Gasteiger partial charge in [-0.25, -0.2) is 12.7 Å². The lowest BCUT2D eigenvalue weighted by Crippen LogP contribution is -2.45. The molecule has 1 aliphatic heterocycles. The van der Waals surface area contributed by atoms with Gasteiger partial charge in [0.15, 0.2) is 0 Å². The smallest absolute Gasteiger partial charge is 0.320 e. The molecule has 0 unspecified atom stereocenters. The summed E-state index contributed by atoms with van der Waals surface area (Å²) < 4.78 is 30.2. The first-order valence-corrected chi connectivity index (χ1v) is 9.77. The summed E-state index contributed by atoms with van der Waals surface area (Å²) in [5, 5.41) is -0.415. The van der Waals surface area contributed by atoms with Crippen molar-refractivity contribution in [2.45, 2.75) is 10.1 Å². The molecule has 1 aliphatic rings. The largest absolute Gasteiger partial charge is 0.468 e. The Morgan fingerprint density at radius 1 is 1.33 bits per heavy atom. The Bertz CT molecular complexity index is 733. The van der Waals surface area contributed by atoms with Gasteiger partial charge in [0, 0.05) is 38.5 Å². The predicted molar refractivity (Wildman–Crippen MR) is 91.5 cm³/mol. The molecule has 0 radical (unpaired) electrons. The minimum Gasteiger partial charge on any atom is -0.468 e. The number of nitrogens with zero attached hydrogens (tertiary/aromatic N) is 2. The number of benzene rings is 1. The van der Waals surface area contributed by atoms with Crippen molar-refractivity contribution < 1.29 is 22.7 Å². The van der Waals surface area contributed by atoms with E-state index in [4.69, 9.17) is 4.74 Å². The summed E-state index contributed by atoms with van der Waals surface area (Å²) in [5.74, 6) is -0.0253. The Balaban J connectivity index is 2.23. The van der Waals surface area contributed by atoms with Gasteiger partial charge >= 0.3 is 5.97 Å². The molecule has 1 saturated heterocycles. The van der Waals surface area contributed by atoms with Crippen LogP contribution in [-0.4, -0.2) is 74.8 Å². The van der Waals surface area contributed by atoms with Gasteiger partial charge in [-0.05, 0) is 18.2 Å². The third-order valence-corrected chi connectivity index (χ3v) is 6.65. The molecule has 1 atom stereocenters. The van der Waals surface area contributed by atoms with Gasteiger partial charge in [-0.3, -0.25) is 9.59 Å². The lowest BCUT2D eigenvalue weighted by molar-refractivity contribution is -0.140. The van der Waals surface area contributed by atoms with Gasteiger partial charge in [-0.1, -0.05) is 6.07 Å². The highest BCUT2D eigenvalue weighted by Crippen LogP contribution is 2.22. The van der Waals surface area contributed by atoms with Crippen LogP contribution in [0.3, 0.4) is 0 Å². The molecule has 0 N–H and O–H groups in total. The van der Waals surface area contributed by atoms with Crippen LogP contribution in [0.15, 0.2) is 29.2 Å². The number of rotatable bonds is 4. The number of carbonyl (C=O) groups excluding carboxylic acids is 2. The Labute approximate surface area is 146 Å². The zero-order valence-corrected chi connectivity index (χ0v) is 15.4. The van der Waals surface area contributed by atoms with Crippen molar-refractivity contribution in [3.05, 3.63) is 29.8 Å². The van der Waals surface area contributed by atoms with Crippen molar-refractivity contribution in [2.24, 2.45) is 0 Å². The van der Waals surface area contributed by atoms with Crippen molar-refractivity contribution in [1.82, 2.24) is 9.21 Å². The van der Waals surface area contributed by atoms with Crippen LogP contribution in [0.5, 0.6) is 0 Å². The summed E-state index contributed by atoms with van der Waals surface area (Å²) in [4.78, 5) is 25.9. The van der Waals surface area contributed by atoms with Crippen molar-refractivity contribution in [1.29, 1.82) is 0 Å². The number of methoxy groups -OCH3 is 1. The molecule has 1 fully saturated rings. The average molecular weight is 372 g/mol. The van der Waals surface area contributed by atoms with E-state index in [1.54, 1.807) is 17.0 Å². The van der Waals surface area contributed by atoms with E-state index in [0.29, 0.717) is 12.3 Å². The second kappa shape index (κ2) is 7.54. The fraction of sp³-hybridized carbons (Fsp3) is 0.467. The number of esters is 1. The minimum absolute atomic E-state index is 0.0641. The van der Waals surface area contributed by atoms with Crippen molar-refractivity contribution >= 4 is 33.7 Å². The van der Waals surface area contributed by atoms with Crippen LogP contribution in [0.1, 0.15) is 10.4 Å². The fourth-order valence-electron chi connectivity index (χ4n) is 2.29. The normalized spacial score (nSPS) is 18.5. The maximum Gasteiger partial charge on any atom is 0.320 e. The topological polar surface area (TPSA) is 84.0 Å². The van der Waals surface area contributed by atoms with E-state index < -0.39 is 15.3 Å². The Morgan fingerprint density at radius 3 is 2.67 bits per heavy atom. The highest BCUT2D eigenvalue weighted by Gasteiger charge is 2.30. The summed E-state index contributed by atoms with van der Waals surface area (Å²) in [7, 11) is 0.586.